The summed E-state index contributed by atoms with van der Waals surface area (Å²) in [6.07, 6.45) is 0. The number of nitrogens with one attached hydrogen (secondary N) is 1. The molecule has 0 bridgehead atoms. The Morgan fingerprint density at radius 3 is 2.64 bits per heavy atom. The number of hydrogen-bond donors (Lipinski definition) is 2. The molecule has 0 atom stereocenters. The van der Waals surface area contributed by atoms with Crippen molar-refractivity contribution in [2.75, 3.05) is 11.1 Å². The third-order valence-electron chi connectivity index (χ3n) is 3.15. The summed E-state index contributed by atoms with van der Waals surface area (Å²) in [6.45, 7) is 0. The lowest BCUT2D eigenvalue weighted by Crippen LogP contribution is -2.14. The molecule has 2 aromatic carbocycles. The predicted molar refractivity (Wildman–Crippen MR) is 92.5 cm³/mol. The number of rotatable bonds is 6. The minimum atomic E-state index is -1.05. The third kappa shape index (κ3) is 4.45. The normalized spacial score (nSPS) is 10.4. The van der Waals surface area contributed by atoms with E-state index in [0.717, 1.165) is 17.3 Å². The summed E-state index contributed by atoms with van der Waals surface area (Å²) >= 11 is 1.11. The fourth-order valence-corrected chi connectivity index (χ4v) is 2.58. The molecule has 1 aromatic heterocycles. The highest BCUT2D eigenvalue weighted by Gasteiger charge is 2.12. The number of benzene rings is 2. The quantitative estimate of drug-likeness (QED) is 0.654. The number of aromatic carboxylic acids is 1. The van der Waals surface area contributed by atoms with Gasteiger partial charge in [0.25, 0.3) is 5.22 Å². The van der Waals surface area contributed by atoms with Crippen molar-refractivity contribution < 1.29 is 19.1 Å². The van der Waals surface area contributed by atoms with Crippen LogP contribution < -0.4 is 5.32 Å². The Bertz CT molecular complexity index is 896. The van der Waals surface area contributed by atoms with Crippen LogP contribution in [0.2, 0.25) is 0 Å². The summed E-state index contributed by atoms with van der Waals surface area (Å²) in [5.41, 5.74) is 1.33. The number of thioether (sulfide) groups is 1. The molecule has 1 amide bonds. The lowest BCUT2D eigenvalue weighted by Gasteiger charge is -2.04. The number of carboxylic acids is 1. The van der Waals surface area contributed by atoms with E-state index in [1.54, 1.807) is 12.1 Å². The van der Waals surface area contributed by atoms with E-state index >= 15 is 0 Å². The Morgan fingerprint density at radius 1 is 1.08 bits per heavy atom. The highest BCUT2D eigenvalue weighted by molar-refractivity contribution is 7.99. The van der Waals surface area contributed by atoms with Gasteiger partial charge in [0, 0.05) is 11.3 Å². The maximum atomic E-state index is 12.0. The summed E-state index contributed by atoms with van der Waals surface area (Å²) in [4.78, 5) is 22.9. The Kier molecular flexibility index (Phi) is 5.10. The average molecular weight is 355 g/mol. The van der Waals surface area contributed by atoms with Crippen LogP contribution in [-0.2, 0) is 4.79 Å². The van der Waals surface area contributed by atoms with Crippen LogP contribution in [0, 0.1) is 0 Å². The first kappa shape index (κ1) is 16.7. The van der Waals surface area contributed by atoms with E-state index < -0.39 is 5.97 Å². The summed E-state index contributed by atoms with van der Waals surface area (Å²) < 4.78 is 5.50. The first-order valence-electron chi connectivity index (χ1n) is 7.27. The summed E-state index contributed by atoms with van der Waals surface area (Å²) in [6, 6.07) is 15.4. The molecule has 0 unspecified atom stereocenters. The van der Waals surface area contributed by atoms with Gasteiger partial charge in [-0.05, 0) is 30.3 Å². The predicted octanol–water partition coefficient (Wildman–Crippen LogP) is 3.17. The van der Waals surface area contributed by atoms with Gasteiger partial charge in [-0.15, -0.1) is 10.2 Å². The van der Waals surface area contributed by atoms with Crippen LogP contribution in [0.5, 0.6) is 0 Å². The Balaban J connectivity index is 1.57. The van der Waals surface area contributed by atoms with Crippen LogP contribution in [0.3, 0.4) is 0 Å². The number of carboxylic acid groups (broad SMARTS) is 1. The van der Waals surface area contributed by atoms with E-state index in [-0.39, 0.29) is 22.4 Å². The van der Waals surface area contributed by atoms with Crippen LogP contribution in [0.4, 0.5) is 5.69 Å². The Hall–Kier alpha value is -3.13. The van der Waals surface area contributed by atoms with Crippen molar-refractivity contribution in [2.45, 2.75) is 5.22 Å². The molecule has 0 aliphatic heterocycles. The molecule has 0 saturated carbocycles. The molecule has 2 N–H and O–H groups in total. The van der Waals surface area contributed by atoms with Crippen LogP contribution in [0.15, 0.2) is 64.2 Å². The number of anilines is 1. The largest absolute Gasteiger partial charge is 0.478 e. The summed E-state index contributed by atoms with van der Waals surface area (Å²) in [5.74, 6) is -0.900. The number of amides is 1. The van der Waals surface area contributed by atoms with Gasteiger partial charge in [0.15, 0.2) is 0 Å². The van der Waals surface area contributed by atoms with E-state index in [4.69, 9.17) is 9.52 Å². The van der Waals surface area contributed by atoms with Crippen molar-refractivity contribution in [1.82, 2.24) is 10.2 Å². The highest BCUT2D eigenvalue weighted by atomic mass is 32.2. The summed E-state index contributed by atoms with van der Waals surface area (Å²) in [5, 5.41) is 19.7. The van der Waals surface area contributed by atoms with Crippen molar-refractivity contribution in [3.8, 4) is 11.5 Å². The van der Waals surface area contributed by atoms with Crippen LogP contribution in [-0.4, -0.2) is 32.9 Å². The molecule has 0 spiro atoms. The maximum Gasteiger partial charge on any atom is 0.335 e. The molecule has 0 fully saturated rings. The number of carbonyl (C=O) groups excluding carboxylic acids is 1. The molecule has 3 rings (SSSR count). The number of nitrogens with zero attached hydrogens (tertiary/aromatic N) is 2. The zero-order valence-electron chi connectivity index (χ0n) is 12.9. The van der Waals surface area contributed by atoms with Gasteiger partial charge in [-0.2, -0.15) is 0 Å². The fraction of sp³-hybridized carbons (Fsp3) is 0.0588. The average Bonchev–Trinajstić information content (AvgIpc) is 3.10. The minimum Gasteiger partial charge on any atom is -0.478 e. The van der Waals surface area contributed by atoms with Gasteiger partial charge < -0.3 is 14.8 Å². The lowest BCUT2D eigenvalue weighted by molar-refractivity contribution is -0.113. The van der Waals surface area contributed by atoms with Crippen LogP contribution >= 0.6 is 11.8 Å². The van der Waals surface area contributed by atoms with E-state index in [1.807, 2.05) is 30.3 Å². The molecular weight excluding hydrogens is 342 g/mol. The van der Waals surface area contributed by atoms with E-state index in [0.29, 0.717) is 11.6 Å². The lowest BCUT2D eigenvalue weighted by atomic mass is 10.2. The van der Waals surface area contributed by atoms with Crippen molar-refractivity contribution in [3.63, 3.8) is 0 Å². The van der Waals surface area contributed by atoms with Crippen molar-refractivity contribution in [3.05, 3.63) is 60.2 Å². The Labute approximate surface area is 147 Å². The minimum absolute atomic E-state index is 0.0632. The van der Waals surface area contributed by atoms with Crippen molar-refractivity contribution >= 4 is 29.3 Å². The molecule has 1 heterocycles. The van der Waals surface area contributed by atoms with Gasteiger partial charge in [-0.1, -0.05) is 36.0 Å². The number of aromatic nitrogens is 2. The first-order chi connectivity index (χ1) is 12.1. The zero-order chi connectivity index (χ0) is 17.6. The molecule has 0 aliphatic carbocycles. The molecule has 0 saturated heterocycles. The second-order valence-electron chi connectivity index (χ2n) is 4.96. The molecular formula is C17H13N3O4S. The molecule has 25 heavy (non-hydrogen) atoms. The van der Waals surface area contributed by atoms with Crippen LogP contribution in [0.25, 0.3) is 11.5 Å². The smallest absolute Gasteiger partial charge is 0.335 e. The third-order valence-corrected chi connectivity index (χ3v) is 3.97. The van der Waals surface area contributed by atoms with Gasteiger partial charge in [-0.25, -0.2) is 4.79 Å². The van der Waals surface area contributed by atoms with Crippen molar-refractivity contribution in [2.24, 2.45) is 0 Å². The highest BCUT2D eigenvalue weighted by Crippen LogP contribution is 2.23. The molecule has 0 aliphatic rings. The van der Waals surface area contributed by atoms with Gasteiger partial charge in [-0.3, -0.25) is 4.79 Å². The molecule has 8 heteroatoms. The Morgan fingerprint density at radius 2 is 1.88 bits per heavy atom. The molecule has 0 radical (unpaired) electrons. The monoisotopic (exact) mass is 355 g/mol. The van der Waals surface area contributed by atoms with E-state index in [9.17, 15) is 9.59 Å². The molecule has 7 nitrogen and oxygen atoms in total. The number of carbonyl (C=O) groups is 2. The van der Waals surface area contributed by atoms with E-state index in [1.165, 1.54) is 12.1 Å². The van der Waals surface area contributed by atoms with Gasteiger partial charge in [0.05, 0.1) is 11.3 Å². The topological polar surface area (TPSA) is 105 Å². The molecule has 3 aromatic rings. The zero-order valence-corrected chi connectivity index (χ0v) is 13.7. The van der Waals surface area contributed by atoms with Crippen molar-refractivity contribution in [1.29, 1.82) is 0 Å². The van der Waals surface area contributed by atoms with Crippen LogP contribution in [0.1, 0.15) is 10.4 Å². The van der Waals surface area contributed by atoms with Gasteiger partial charge >= 0.3 is 5.97 Å². The number of hydrogen-bond acceptors (Lipinski definition) is 6. The van der Waals surface area contributed by atoms with E-state index in [2.05, 4.69) is 15.5 Å². The SMILES string of the molecule is O=C(CSc1nnc(-c2ccccc2)o1)Nc1cccc(C(=O)O)c1. The second kappa shape index (κ2) is 7.63. The second-order valence-corrected chi connectivity index (χ2v) is 5.89. The molecule has 126 valence electrons. The summed E-state index contributed by atoms with van der Waals surface area (Å²) in [7, 11) is 0. The fourth-order valence-electron chi connectivity index (χ4n) is 2.02. The first-order valence-corrected chi connectivity index (χ1v) is 8.25. The standard InChI is InChI=1S/C17H13N3O4S/c21-14(18-13-8-4-7-12(9-13)16(22)23)10-25-17-20-19-15(24-17)11-5-2-1-3-6-11/h1-9H,10H2,(H,18,21)(H,22,23). The maximum absolute atomic E-state index is 12.0. The van der Waals surface area contributed by atoms with Gasteiger partial charge in [0.1, 0.15) is 0 Å². The van der Waals surface area contributed by atoms with Gasteiger partial charge in [0.2, 0.25) is 11.8 Å².